The largest absolute Gasteiger partial charge is 0.357 e. The highest BCUT2D eigenvalue weighted by molar-refractivity contribution is 4.99. The molecule has 78 valence electrons. The Hall–Kier alpha value is -0.830. The molecule has 0 aliphatic heterocycles. The first-order valence-corrected chi connectivity index (χ1v) is 5.79. The first kappa shape index (κ1) is 9.71. The first-order valence-electron chi connectivity index (χ1n) is 5.79. The average Bonchev–Trinajstić information content (AvgIpc) is 2.68. The van der Waals surface area contributed by atoms with Crippen LogP contribution in [0.1, 0.15) is 49.5 Å². The number of aromatic amines is 2. The second kappa shape index (κ2) is 4.60. The van der Waals surface area contributed by atoms with Crippen molar-refractivity contribution >= 4 is 0 Å². The van der Waals surface area contributed by atoms with Gasteiger partial charge in [-0.1, -0.05) is 19.3 Å². The average molecular weight is 195 g/mol. The summed E-state index contributed by atoms with van der Waals surface area (Å²) < 4.78 is 0. The molecule has 3 nitrogen and oxygen atoms in total. The first-order chi connectivity index (χ1) is 6.90. The molecule has 1 aromatic rings. The highest BCUT2D eigenvalue weighted by Gasteiger charge is 2.22. The Bertz CT molecular complexity index is 274. The van der Waals surface area contributed by atoms with Crippen LogP contribution in [0.25, 0.3) is 0 Å². The third-order valence-electron chi connectivity index (χ3n) is 3.16. The lowest BCUT2D eigenvalue weighted by atomic mass is 9.89. The minimum absolute atomic E-state index is 0.752. The number of hydrogen-bond acceptors (Lipinski definition) is 0. The molecular weight excluding hydrogens is 174 g/mol. The number of nitrogens with one attached hydrogen (secondary N) is 2. The molecule has 0 aromatic carbocycles. The van der Waals surface area contributed by atoms with E-state index in [1.54, 1.807) is 0 Å². The van der Waals surface area contributed by atoms with Gasteiger partial charge in [-0.15, -0.1) is 0 Å². The SMILES string of the molecule is [NH3+]CCc1c[nH+]c(C2CCCCC2)[nH]1. The normalized spacial score (nSPS) is 18.6. The van der Waals surface area contributed by atoms with Crippen molar-refractivity contribution in [2.45, 2.75) is 44.4 Å². The minimum Gasteiger partial charge on any atom is -0.357 e. The molecule has 0 radical (unpaired) electrons. The third-order valence-corrected chi connectivity index (χ3v) is 3.16. The van der Waals surface area contributed by atoms with Gasteiger partial charge in [0.1, 0.15) is 11.9 Å². The molecule has 0 atom stereocenters. The molecule has 2 rings (SSSR count). The van der Waals surface area contributed by atoms with E-state index in [0.29, 0.717) is 0 Å². The van der Waals surface area contributed by atoms with E-state index in [1.807, 2.05) is 0 Å². The second-order valence-electron chi connectivity index (χ2n) is 4.29. The molecule has 1 aromatic heterocycles. The van der Waals surface area contributed by atoms with Crippen LogP contribution in [-0.2, 0) is 6.42 Å². The molecule has 5 N–H and O–H groups in total. The Labute approximate surface area is 85.1 Å². The number of rotatable bonds is 3. The summed E-state index contributed by atoms with van der Waals surface area (Å²) in [6, 6.07) is 0. The van der Waals surface area contributed by atoms with Gasteiger partial charge >= 0.3 is 0 Å². The van der Waals surface area contributed by atoms with Crippen molar-refractivity contribution in [1.82, 2.24) is 4.98 Å². The molecule has 1 aliphatic rings. The van der Waals surface area contributed by atoms with Gasteiger partial charge in [-0.05, 0) is 12.8 Å². The van der Waals surface area contributed by atoms with Gasteiger partial charge in [-0.3, -0.25) is 0 Å². The van der Waals surface area contributed by atoms with E-state index >= 15 is 0 Å². The maximum Gasteiger partial charge on any atom is 0.255 e. The van der Waals surface area contributed by atoms with Gasteiger partial charge in [0, 0.05) is 0 Å². The zero-order valence-corrected chi connectivity index (χ0v) is 8.81. The van der Waals surface area contributed by atoms with Crippen molar-refractivity contribution in [3.05, 3.63) is 17.7 Å². The molecule has 0 bridgehead atoms. The summed E-state index contributed by atoms with van der Waals surface area (Å²) in [6.07, 6.45) is 10.1. The lowest BCUT2D eigenvalue weighted by Gasteiger charge is -2.16. The van der Waals surface area contributed by atoms with Crippen LogP contribution in [0.2, 0.25) is 0 Å². The van der Waals surface area contributed by atoms with Crippen LogP contribution in [0.3, 0.4) is 0 Å². The number of H-pyrrole nitrogens is 2. The van der Waals surface area contributed by atoms with E-state index in [-0.39, 0.29) is 0 Å². The molecular formula is C11H21N3+2. The highest BCUT2D eigenvalue weighted by atomic mass is 14.9. The van der Waals surface area contributed by atoms with Gasteiger partial charge in [0.25, 0.3) is 5.82 Å². The van der Waals surface area contributed by atoms with Crippen molar-refractivity contribution in [2.24, 2.45) is 0 Å². The fraction of sp³-hybridized carbons (Fsp3) is 0.727. The lowest BCUT2D eigenvalue weighted by Crippen LogP contribution is -2.51. The predicted octanol–water partition coefficient (Wildman–Crippen LogP) is 0.661. The summed E-state index contributed by atoms with van der Waals surface area (Å²) in [5.41, 5.74) is 5.17. The molecule has 1 saturated carbocycles. The standard InChI is InChI=1S/C11H19N3/c12-7-6-10-8-13-11(14-10)9-4-2-1-3-5-9/h8-9H,1-7,12H2,(H,13,14)/p+2. The van der Waals surface area contributed by atoms with Crippen LogP contribution in [0.4, 0.5) is 0 Å². The molecule has 1 heterocycles. The van der Waals surface area contributed by atoms with E-state index in [1.165, 1.54) is 43.6 Å². The molecule has 3 heteroatoms. The Balaban J connectivity index is 2.00. The van der Waals surface area contributed by atoms with Gasteiger partial charge < -0.3 is 5.73 Å². The molecule has 0 saturated heterocycles. The minimum atomic E-state index is 0.752. The molecule has 14 heavy (non-hydrogen) atoms. The van der Waals surface area contributed by atoms with Gasteiger partial charge in [0.15, 0.2) is 0 Å². The van der Waals surface area contributed by atoms with Crippen LogP contribution >= 0.6 is 0 Å². The van der Waals surface area contributed by atoms with Crippen LogP contribution in [-0.4, -0.2) is 11.5 Å². The predicted molar refractivity (Wildman–Crippen MR) is 54.6 cm³/mol. The topological polar surface area (TPSA) is 57.6 Å². The number of quaternary nitrogens is 1. The Morgan fingerprint density at radius 2 is 2.14 bits per heavy atom. The smallest absolute Gasteiger partial charge is 0.255 e. The van der Waals surface area contributed by atoms with E-state index in [4.69, 9.17) is 0 Å². The molecule has 1 fully saturated rings. The van der Waals surface area contributed by atoms with Gasteiger partial charge in [-0.25, -0.2) is 9.97 Å². The number of imidazole rings is 1. The van der Waals surface area contributed by atoms with Crippen molar-refractivity contribution in [1.29, 1.82) is 0 Å². The maximum absolute atomic E-state index is 3.87. The monoisotopic (exact) mass is 195 g/mol. The summed E-state index contributed by atoms with van der Waals surface area (Å²) in [6.45, 7) is 0.971. The van der Waals surface area contributed by atoms with E-state index in [2.05, 4.69) is 21.9 Å². The second-order valence-corrected chi connectivity index (χ2v) is 4.29. The zero-order valence-electron chi connectivity index (χ0n) is 8.81. The summed E-state index contributed by atoms with van der Waals surface area (Å²) in [5.74, 6) is 2.09. The van der Waals surface area contributed by atoms with Crippen LogP contribution in [0, 0.1) is 0 Å². The van der Waals surface area contributed by atoms with E-state index < -0.39 is 0 Å². The molecule has 0 amide bonds. The summed E-state index contributed by atoms with van der Waals surface area (Å²) in [5, 5.41) is 0. The van der Waals surface area contributed by atoms with Crippen LogP contribution in [0.15, 0.2) is 6.20 Å². The fourth-order valence-electron chi connectivity index (χ4n) is 2.35. The number of aromatic nitrogens is 2. The van der Waals surface area contributed by atoms with Gasteiger partial charge in [0.05, 0.1) is 18.9 Å². The van der Waals surface area contributed by atoms with Crippen LogP contribution < -0.4 is 10.7 Å². The molecule has 0 unspecified atom stereocenters. The van der Waals surface area contributed by atoms with Gasteiger partial charge in [-0.2, -0.15) is 0 Å². The van der Waals surface area contributed by atoms with Crippen molar-refractivity contribution in [3.8, 4) is 0 Å². The fourth-order valence-corrected chi connectivity index (χ4v) is 2.35. The Kier molecular flexibility index (Phi) is 3.19. The van der Waals surface area contributed by atoms with E-state index in [0.717, 1.165) is 18.9 Å². The summed E-state index contributed by atoms with van der Waals surface area (Å²) in [7, 11) is 0. The Morgan fingerprint density at radius 3 is 2.86 bits per heavy atom. The molecule has 0 spiro atoms. The summed E-state index contributed by atoms with van der Waals surface area (Å²) in [4.78, 5) is 6.87. The van der Waals surface area contributed by atoms with Crippen molar-refractivity contribution in [2.75, 3.05) is 6.54 Å². The van der Waals surface area contributed by atoms with Crippen LogP contribution in [0.5, 0.6) is 0 Å². The highest BCUT2D eigenvalue weighted by Crippen LogP contribution is 2.29. The zero-order chi connectivity index (χ0) is 9.80. The number of hydrogen-bond donors (Lipinski definition) is 2. The Morgan fingerprint density at radius 1 is 1.36 bits per heavy atom. The lowest BCUT2D eigenvalue weighted by molar-refractivity contribution is -0.392. The van der Waals surface area contributed by atoms with Gasteiger partial charge in [0.2, 0.25) is 0 Å². The quantitative estimate of drug-likeness (QED) is 0.712. The van der Waals surface area contributed by atoms with E-state index in [9.17, 15) is 0 Å². The van der Waals surface area contributed by atoms with Crippen molar-refractivity contribution < 1.29 is 10.7 Å². The van der Waals surface area contributed by atoms with Crippen molar-refractivity contribution in [3.63, 3.8) is 0 Å². The maximum atomic E-state index is 3.87. The molecule has 1 aliphatic carbocycles. The third kappa shape index (κ3) is 2.15. The summed E-state index contributed by atoms with van der Waals surface area (Å²) >= 11 is 0.